The van der Waals surface area contributed by atoms with E-state index in [1.807, 2.05) is 30.0 Å². The minimum atomic E-state index is -0.706. The Labute approximate surface area is 114 Å². The zero-order valence-electron chi connectivity index (χ0n) is 11.6. The van der Waals surface area contributed by atoms with Gasteiger partial charge in [-0.2, -0.15) is 0 Å². The third kappa shape index (κ3) is 6.31. The van der Waals surface area contributed by atoms with Crippen molar-refractivity contribution in [1.29, 1.82) is 0 Å². The Morgan fingerprint density at radius 3 is 2.84 bits per heavy atom. The van der Waals surface area contributed by atoms with Gasteiger partial charge in [-0.15, -0.1) is 0 Å². The average molecular weight is 266 g/mol. The van der Waals surface area contributed by atoms with Gasteiger partial charge in [0.1, 0.15) is 0 Å². The summed E-state index contributed by atoms with van der Waals surface area (Å²) in [7, 11) is 0. The molecule has 0 fully saturated rings. The quantitative estimate of drug-likeness (QED) is 0.717. The number of rotatable bonds is 8. The SMILES string of the molecule is CCOC(=O)CC(O)CN(CC)Cc1ccccn1. The number of nitrogens with zero attached hydrogens (tertiary/aromatic N) is 2. The second kappa shape index (κ2) is 8.61. The lowest BCUT2D eigenvalue weighted by molar-refractivity contribution is -0.145. The van der Waals surface area contributed by atoms with Crippen LogP contribution in [-0.4, -0.2) is 46.8 Å². The highest BCUT2D eigenvalue weighted by atomic mass is 16.5. The molecule has 1 aromatic heterocycles. The first kappa shape index (κ1) is 15.6. The number of hydrogen-bond donors (Lipinski definition) is 1. The molecule has 0 aliphatic rings. The summed E-state index contributed by atoms with van der Waals surface area (Å²) in [4.78, 5) is 17.6. The van der Waals surface area contributed by atoms with E-state index in [0.29, 0.717) is 19.7 Å². The van der Waals surface area contributed by atoms with Gasteiger partial charge in [0, 0.05) is 19.3 Å². The van der Waals surface area contributed by atoms with E-state index in [-0.39, 0.29) is 12.4 Å². The van der Waals surface area contributed by atoms with Gasteiger partial charge in [-0.1, -0.05) is 13.0 Å². The maximum absolute atomic E-state index is 11.3. The third-order valence-corrected chi connectivity index (χ3v) is 2.74. The lowest BCUT2D eigenvalue weighted by Crippen LogP contribution is -2.33. The van der Waals surface area contributed by atoms with Crippen molar-refractivity contribution in [3.8, 4) is 0 Å². The number of aliphatic hydroxyl groups is 1. The third-order valence-electron chi connectivity index (χ3n) is 2.74. The van der Waals surface area contributed by atoms with Crippen LogP contribution in [0.25, 0.3) is 0 Å². The van der Waals surface area contributed by atoms with Crippen LogP contribution in [0.5, 0.6) is 0 Å². The lowest BCUT2D eigenvalue weighted by atomic mass is 10.2. The van der Waals surface area contributed by atoms with Gasteiger partial charge >= 0.3 is 5.97 Å². The Hall–Kier alpha value is -1.46. The zero-order chi connectivity index (χ0) is 14.1. The van der Waals surface area contributed by atoms with Gasteiger partial charge in [0.2, 0.25) is 0 Å². The molecule has 0 aliphatic carbocycles. The Balaban J connectivity index is 2.41. The summed E-state index contributed by atoms with van der Waals surface area (Å²) >= 11 is 0. The molecule has 19 heavy (non-hydrogen) atoms. The average Bonchev–Trinajstić information content (AvgIpc) is 2.39. The van der Waals surface area contributed by atoms with Crippen molar-refractivity contribution in [3.05, 3.63) is 30.1 Å². The van der Waals surface area contributed by atoms with Gasteiger partial charge in [-0.05, 0) is 25.6 Å². The van der Waals surface area contributed by atoms with Crippen molar-refractivity contribution in [3.63, 3.8) is 0 Å². The van der Waals surface area contributed by atoms with Gasteiger partial charge < -0.3 is 9.84 Å². The number of hydrogen-bond acceptors (Lipinski definition) is 5. The molecule has 1 heterocycles. The Bertz CT molecular complexity index is 370. The minimum absolute atomic E-state index is 0.0343. The van der Waals surface area contributed by atoms with Gasteiger partial charge in [-0.3, -0.25) is 14.7 Å². The zero-order valence-corrected chi connectivity index (χ0v) is 11.6. The maximum atomic E-state index is 11.3. The van der Waals surface area contributed by atoms with Gasteiger partial charge in [0.15, 0.2) is 0 Å². The molecule has 0 amide bonds. The van der Waals surface area contributed by atoms with E-state index in [0.717, 1.165) is 12.2 Å². The summed E-state index contributed by atoms with van der Waals surface area (Å²) in [5.74, 6) is -0.358. The molecule has 106 valence electrons. The summed E-state index contributed by atoms with van der Waals surface area (Å²) in [5, 5.41) is 9.86. The van der Waals surface area contributed by atoms with Crippen molar-refractivity contribution in [2.45, 2.75) is 32.9 Å². The van der Waals surface area contributed by atoms with Crippen LogP contribution in [0.4, 0.5) is 0 Å². The van der Waals surface area contributed by atoms with Crippen LogP contribution in [0, 0.1) is 0 Å². The summed E-state index contributed by atoms with van der Waals surface area (Å²) in [6, 6.07) is 5.75. The summed E-state index contributed by atoms with van der Waals surface area (Å²) in [6.45, 7) is 6.00. The Morgan fingerprint density at radius 1 is 1.47 bits per heavy atom. The molecule has 0 bridgehead atoms. The van der Waals surface area contributed by atoms with Crippen LogP contribution < -0.4 is 0 Å². The molecule has 0 saturated carbocycles. The first-order valence-electron chi connectivity index (χ1n) is 6.61. The Kier molecular flexibility index (Phi) is 7.07. The first-order valence-corrected chi connectivity index (χ1v) is 6.61. The fourth-order valence-corrected chi connectivity index (χ4v) is 1.80. The van der Waals surface area contributed by atoms with Gasteiger partial charge in [0.05, 0.1) is 24.8 Å². The molecule has 0 radical (unpaired) electrons. The fraction of sp³-hybridized carbons (Fsp3) is 0.571. The van der Waals surface area contributed by atoms with Crippen molar-refractivity contribution < 1.29 is 14.6 Å². The van der Waals surface area contributed by atoms with Crippen molar-refractivity contribution in [1.82, 2.24) is 9.88 Å². The van der Waals surface area contributed by atoms with E-state index in [1.54, 1.807) is 13.1 Å². The van der Waals surface area contributed by atoms with Crippen LogP contribution in [0.1, 0.15) is 26.0 Å². The van der Waals surface area contributed by atoms with E-state index >= 15 is 0 Å². The number of aliphatic hydroxyl groups excluding tert-OH is 1. The highest BCUT2D eigenvalue weighted by Crippen LogP contribution is 2.04. The summed E-state index contributed by atoms with van der Waals surface area (Å²) in [5.41, 5.74) is 0.952. The predicted octanol–water partition coefficient (Wildman–Crippen LogP) is 1.22. The molecule has 5 heteroatoms. The number of aromatic nitrogens is 1. The smallest absolute Gasteiger partial charge is 0.308 e. The summed E-state index contributed by atoms with van der Waals surface area (Å²) < 4.78 is 4.82. The molecule has 1 atom stereocenters. The number of carbonyl (C=O) groups is 1. The van der Waals surface area contributed by atoms with Crippen LogP contribution in [0.15, 0.2) is 24.4 Å². The molecule has 5 nitrogen and oxygen atoms in total. The van der Waals surface area contributed by atoms with Crippen molar-refractivity contribution in [2.24, 2.45) is 0 Å². The fourth-order valence-electron chi connectivity index (χ4n) is 1.80. The molecular formula is C14H22N2O3. The largest absolute Gasteiger partial charge is 0.466 e. The highest BCUT2D eigenvalue weighted by Gasteiger charge is 2.15. The van der Waals surface area contributed by atoms with Crippen LogP contribution in [0.2, 0.25) is 0 Å². The van der Waals surface area contributed by atoms with E-state index in [2.05, 4.69) is 4.98 Å². The van der Waals surface area contributed by atoms with E-state index in [4.69, 9.17) is 4.74 Å². The molecule has 0 aromatic carbocycles. The normalized spacial score (nSPS) is 12.4. The molecule has 1 rings (SSSR count). The number of carbonyl (C=O) groups excluding carboxylic acids is 1. The number of likely N-dealkylation sites (N-methyl/N-ethyl adjacent to an activating group) is 1. The van der Waals surface area contributed by atoms with Gasteiger partial charge in [0.25, 0.3) is 0 Å². The molecule has 1 aromatic rings. The minimum Gasteiger partial charge on any atom is -0.466 e. The molecule has 1 unspecified atom stereocenters. The van der Waals surface area contributed by atoms with Crippen LogP contribution >= 0.6 is 0 Å². The van der Waals surface area contributed by atoms with Crippen LogP contribution in [0.3, 0.4) is 0 Å². The number of pyridine rings is 1. The number of ether oxygens (including phenoxy) is 1. The van der Waals surface area contributed by atoms with Crippen molar-refractivity contribution >= 4 is 5.97 Å². The molecular weight excluding hydrogens is 244 g/mol. The summed E-state index contributed by atoms with van der Waals surface area (Å²) in [6.07, 6.45) is 1.08. The second-order valence-electron chi connectivity index (χ2n) is 4.31. The number of esters is 1. The first-order chi connectivity index (χ1) is 9.15. The predicted molar refractivity (Wildman–Crippen MR) is 72.4 cm³/mol. The second-order valence-corrected chi connectivity index (χ2v) is 4.31. The van der Waals surface area contributed by atoms with E-state index in [1.165, 1.54) is 0 Å². The van der Waals surface area contributed by atoms with Gasteiger partial charge in [-0.25, -0.2) is 0 Å². The highest BCUT2D eigenvalue weighted by molar-refractivity contribution is 5.69. The topological polar surface area (TPSA) is 62.7 Å². The molecule has 0 saturated heterocycles. The standard InChI is InChI=1S/C14H22N2O3/c1-3-16(10-12-7-5-6-8-15-12)11-13(17)9-14(18)19-4-2/h5-8,13,17H,3-4,9-11H2,1-2H3. The maximum Gasteiger partial charge on any atom is 0.308 e. The monoisotopic (exact) mass is 266 g/mol. The van der Waals surface area contributed by atoms with E-state index < -0.39 is 6.10 Å². The lowest BCUT2D eigenvalue weighted by Gasteiger charge is -2.22. The Morgan fingerprint density at radius 2 is 2.26 bits per heavy atom. The molecule has 1 N–H and O–H groups in total. The van der Waals surface area contributed by atoms with E-state index in [9.17, 15) is 9.90 Å². The van der Waals surface area contributed by atoms with Crippen LogP contribution in [-0.2, 0) is 16.1 Å². The molecule has 0 spiro atoms. The van der Waals surface area contributed by atoms with Crippen molar-refractivity contribution in [2.75, 3.05) is 19.7 Å². The molecule has 0 aliphatic heterocycles.